The molecule has 4 nitrogen and oxygen atoms in total. The molecule has 0 bridgehead atoms. The molecule has 0 spiro atoms. The van der Waals surface area contributed by atoms with Crippen molar-refractivity contribution in [2.45, 2.75) is 11.7 Å². The minimum absolute atomic E-state index is 0.117. The van der Waals surface area contributed by atoms with Crippen LogP contribution in [0.2, 0.25) is 0 Å². The van der Waals surface area contributed by atoms with E-state index in [-0.39, 0.29) is 12.2 Å². The van der Waals surface area contributed by atoms with E-state index in [9.17, 15) is 70.8 Å². The van der Waals surface area contributed by atoms with Crippen molar-refractivity contribution in [3.8, 4) is 5.75 Å². The topological polar surface area (TPSA) is 74.6 Å². The molecule has 0 amide bonds. The fourth-order valence-corrected chi connectivity index (χ4v) is 7.69. The predicted octanol–water partition coefficient (Wildman–Crippen LogP) is 8.41. The van der Waals surface area contributed by atoms with Gasteiger partial charge in [-0.05, 0) is 29.7 Å². The second-order valence-electron chi connectivity index (χ2n) is 13.1. The molecule has 0 saturated heterocycles. The molecule has 26 heteroatoms. The van der Waals surface area contributed by atoms with Gasteiger partial charge < -0.3 is 5.11 Å². The first-order valence-corrected chi connectivity index (χ1v) is 18.2. The van der Waals surface area contributed by atoms with Crippen LogP contribution in [0.3, 0.4) is 0 Å². The lowest BCUT2D eigenvalue weighted by Gasteiger charge is -2.44. The molecule has 0 aliphatic heterocycles. The second kappa shape index (κ2) is 17.7. The van der Waals surface area contributed by atoms with Gasteiger partial charge in [0.2, 0.25) is 0 Å². The van der Waals surface area contributed by atoms with Crippen LogP contribution in [0.25, 0.3) is 0 Å². The maximum absolute atomic E-state index is 15.4. The van der Waals surface area contributed by atoms with Gasteiger partial charge in [0, 0.05) is 0 Å². The van der Waals surface area contributed by atoms with E-state index >= 15 is 35.1 Å². The number of phenolic OH excluding ortho intramolecular Hbond substituents is 1. The Bertz CT molecular complexity index is 2570. The molecule has 0 heterocycles. The quantitative estimate of drug-likeness (QED) is 0.0529. The molecule has 0 aliphatic carbocycles. The van der Waals surface area contributed by atoms with Crippen LogP contribution >= 0.6 is 0 Å². The van der Waals surface area contributed by atoms with Crippen molar-refractivity contribution in [1.82, 2.24) is 0 Å². The molecule has 64 heavy (non-hydrogen) atoms. The lowest BCUT2D eigenvalue weighted by Crippen LogP contribution is -2.81. The fraction of sp³-hybridized carbons (Fsp3) is 0.0526. The van der Waals surface area contributed by atoms with Crippen LogP contribution in [0, 0.1) is 116 Å². The zero-order valence-electron chi connectivity index (χ0n) is 30.2. The van der Waals surface area contributed by atoms with Crippen LogP contribution in [0.4, 0.5) is 87.8 Å². The molecular weight excluding hydrogens is 943 g/mol. The van der Waals surface area contributed by atoms with Crippen molar-refractivity contribution in [3.63, 3.8) is 0 Å². The Kier molecular flexibility index (Phi) is 13.5. The molecule has 6 aromatic carbocycles. The zero-order valence-corrected chi connectivity index (χ0v) is 31.1. The zero-order chi connectivity index (χ0) is 48.2. The van der Waals surface area contributed by atoms with Gasteiger partial charge in [-0.3, -0.25) is 4.55 Å². The highest BCUT2D eigenvalue weighted by molar-refractivity contribution is 7.86. The maximum atomic E-state index is 15.4. The Morgan fingerprint density at radius 3 is 0.844 bits per heavy atom. The Balaban J connectivity index is 0.000000337. The summed E-state index contributed by atoms with van der Waals surface area (Å²) in [7, 11) is -4.19. The predicted molar refractivity (Wildman–Crippen MR) is 182 cm³/mol. The highest BCUT2D eigenvalue weighted by Gasteiger charge is 2.52. The molecule has 1 atom stereocenters. The molecular formula is C38H14BF20O4S-. The van der Waals surface area contributed by atoms with Gasteiger partial charge in [0.15, 0.2) is 69.8 Å². The van der Waals surface area contributed by atoms with Gasteiger partial charge >= 0.3 is 0 Å². The Labute approximate surface area is 343 Å². The van der Waals surface area contributed by atoms with E-state index < -0.39 is 160 Å². The van der Waals surface area contributed by atoms with E-state index in [0.29, 0.717) is 5.56 Å². The number of hydrogen-bond donors (Lipinski definition) is 2. The van der Waals surface area contributed by atoms with Gasteiger partial charge in [0.25, 0.3) is 10.1 Å². The number of benzene rings is 6. The third kappa shape index (κ3) is 7.85. The standard InChI is InChI=1S/C24BF20.C14H14O4S/c26-5-1(6(27)14(35)21(42)13(5)34)25(2-7(28)15(36)22(43)16(37)8(2)29,3-9(30)17(38)23(44)18(39)10(3)31)4-11(32)19(40)24(45)20(41)12(4)33;15-13-8-6-11(7-9-13)10-14(19(16,17)18)12-4-2-1-3-5-12/h;1-9,14-15H,10H2,(H,16,17,18)/q-1;. The molecule has 2 N–H and O–H groups in total. The third-order valence-electron chi connectivity index (χ3n) is 9.60. The summed E-state index contributed by atoms with van der Waals surface area (Å²) in [5.74, 6) is -71.3. The fourth-order valence-electron chi connectivity index (χ4n) is 6.78. The Morgan fingerprint density at radius 1 is 0.375 bits per heavy atom. The van der Waals surface area contributed by atoms with Crippen molar-refractivity contribution in [3.05, 3.63) is 182 Å². The summed E-state index contributed by atoms with van der Waals surface area (Å²) < 4.78 is 326. The monoisotopic (exact) mass is 957 g/mol. The molecule has 0 fully saturated rings. The Hall–Kier alpha value is -6.31. The largest absolute Gasteiger partial charge is 0.508 e. The van der Waals surface area contributed by atoms with Crippen LogP contribution in [0.5, 0.6) is 5.75 Å². The number of halogens is 20. The summed E-state index contributed by atoms with van der Waals surface area (Å²) in [4.78, 5) is 0. The lowest BCUT2D eigenvalue weighted by atomic mass is 9.12. The molecule has 0 radical (unpaired) electrons. The first-order chi connectivity index (χ1) is 29.7. The number of hydrogen-bond acceptors (Lipinski definition) is 3. The van der Waals surface area contributed by atoms with Gasteiger partial charge in [-0.2, -0.15) is 8.42 Å². The van der Waals surface area contributed by atoms with Crippen LogP contribution in [0.1, 0.15) is 16.4 Å². The Morgan fingerprint density at radius 2 is 0.609 bits per heavy atom. The SMILES string of the molecule is Fc1c(F)c(F)c([B-](c2c(F)c(F)c(F)c(F)c2F)(c2c(F)c(F)c(F)c(F)c2F)c2c(F)c(F)c(F)c(F)c2F)c(F)c1F.O=S(=O)(O)C(Cc1ccc(O)cc1)c1ccccc1. The third-order valence-corrected chi connectivity index (χ3v) is 10.8. The van der Waals surface area contributed by atoms with Crippen molar-refractivity contribution in [2.75, 3.05) is 0 Å². The van der Waals surface area contributed by atoms with Crippen LogP contribution in [-0.2, 0) is 16.5 Å². The summed E-state index contributed by atoms with van der Waals surface area (Å²) in [6.07, 6.45) is -7.06. The normalized spacial score (nSPS) is 12.3. The maximum Gasteiger partial charge on any atom is 0.272 e. The first-order valence-electron chi connectivity index (χ1n) is 16.7. The van der Waals surface area contributed by atoms with Gasteiger partial charge in [0.05, 0.1) is 0 Å². The van der Waals surface area contributed by atoms with Crippen molar-refractivity contribution in [1.29, 1.82) is 0 Å². The average Bonchev–Trinajstić information content (AvgIpc) is 3.26. The van der Waals surface area contributed by atoms with Crippen molar-refractivity contribution >= 4 is 38.1 Å². The minimum atomic E-state index is -7.22. The number of phenols is 1. The summed E-state index contributed by atoms with van der Waals surface area (Å²) in [6.45, 7) is 0. The summed E-state index contributed by atoms with van der Waals surface area (Å²) in [5.41, 5.74) is -13.1. The van der Waals surface area contributed by atoms with Crippen molar-refractivity contribution in [2.24, 2.45) is 0 Å². The molecule has 6 aromatic rings. The van der Waals surface area contributed by atoms with Gasteiger partial charge in [-0.15, -0.1) is 21.9 Å². The summed E-state index contributed by atoms with van der Waals surface area (Å²) in [6, 6.07) is 14.8. The van der Waals surface area contributed by atoms with Crippen LogP contribution in [0.15, 0.2) is 54.6 Å². The first kappa shape index (κ1) is 48.7. The van der Waals surface area contributed by atoms with E-state index in [1.165, 1.54) is 12.1 Å². The van der Waals surface area contributed by atoms with Crippen LogP contribution < -0.4 is 21.9 Å². The summed E-state index contributed by atoms with van der Waals surface area (Å²) >= 11 is 0. The average molecular weight is 957 g/mol. The molecule has 6 rings (SSSR count). The molecule has 340 valence electrons. The van der Waals surface area contributed by atoms with Crippen LogP contribution in [-0.4, -0.2) is 24.2 Å². The molecule has 0 aromatic heterocycles. The van der Waals surface area contributed by atoms with Gasteiger partial charge in [0.1, 0.15) is 63.7 Å². The molecule has 0 saturated carbocycles. The highest BCUT2D eigenvalue weighted by atomic mass is 32.2. The van der Waals surface area contributed by atoms with E-state index in [4.69, 9.17) is 0 Å². The molecule has 1 unspecified atom stereocenters. The molecule has 0 aliphatic rings. The van der Waals surface area contributed by atoms with Crippen molar-refractivity contribution < 1.29 is 106 Å². The lowest BCUT2D eigenvalue weighted by molar-refractivity contribution is 0.378. The smallest absolute Gasteiger partial charge is 0.272 e. The van der Waals surface area contributed by atoms with E-state index in [1.807, 2.05) is 0 Å². The minimum Gasteiger partial charge on any atom is -0.508 e. The van der Waals surface area contributed by atoms with E-state index in [2.05, 4.69) is 0 Å². The summed E-state index contributed by atoms with van der Waals surface area (Å²) in [5, 5.41) is 8.20. The second-order valence-corrected chi connectivity index (χ2v) is 14.7. The highest BCUT2D eigenvalue weighted by Crippen LogP contribution is 2.31. The van der Waals surface area contributed by atoms with Gasteiger partial charge in [-0.25, -0.2) is 87.8 Å². The number of aromatic hydroxyl groups is 1. The number of rotatable bonds is 8. The van der Waals surface area contributed by atoms with E-state index in [0.717, 1.165) is 5.56 Å². The van der Waals surface area contributed by atoms with Gasteiger partial charge in [-0.1, -0.05) is 42.5 Å². The van der Waals surface area contributed by atoms with E-state index in [1.54, 1.807) is 42.5 Å².